The summed E-state index contributed by atoms with van der Waals surface area (Å²) in [5, 5.41) is 4.04. The van der Waals surface area contributed by atoms with Crippen LogP contribution in [0.1, 0.15) is 43.3 Å². The second-order valence-corrected chi connectivity index (χ2v) is 8.03. The van der Waals surface area contributed by atoms with E-state index >= 15 is 0 Å². The minimum atomic E-state index is -3.13. The van der Waals surface area contributed by atoms with Crippen LogP contribution < -0.4 is 0 Å². The van der Waals surface area contributed by atoms with Gasteiger partial charge < -0.3 is 9.42 Å². The number of hydrogen-bond donors (Lipinski definition) is 0. The first-order chi connectivity index (χ1) is 10.3. The molecule has 0 spiro atoms. The molecule has 122 valence electrons. The smallest absolute Gasteiger partial charge is 0.232 e. The van der Waals surface area contributed by atoms with Gasteiger partial charge in [0, 0.05) is 39.0 Å². The molecule has 3 rings (SSSR count). The summed E-state index contributed by atoms with van der Waals surface area (Å²) in [6.45, 7) is 3.83. The lowest BCUT2D eigenvalue weighted by molar-refractivity contribution is -0.129. The normalized spacial score (nSPS) is 21.8. The number of carbonyl (C=O) groups is 1. The molecule has 0 saturated carbocycles. The third-order valence-electron chi connectivity index (χ3n) is 4.43. The molecular weight excluding hydrogens is 308 g/mol. The van der Waals surface area contributed by atoms with Crippen LogP contribution in [0.3, 0.4) is 0 Å². The van der Waals surface area contributed by atoms with E-state index < -0.39 is 10.0 Å². The van der Waals surface area contributed by atoms with Crippen molar-refractivity contribution in [1.82, 2.24) is 19.3 Å². The van der Waals surface area contributed by atoms with Crippen molar-refractivity contribution in [2.45, 2.75) is 31.6 Å². The van der Waals surface area contributed by atoms with Gasteiger partial charge in [-0.3, -0.25) is 4.79 Å². The summed E-state index contributed by atoms with van der Waals surface area (Å²) >= 11 is 0. The van der Waals surface area contributed by atoms with E-state index in [1.54, 1.807) is 6.92 Å². The van der Waals surface area contributed by atoms with Gasteiger partial charge in [-0.15, -0.1) is 0 Å². The number of sulfonamides is 1. The van der Waals surface area contributed by atoms with E-state index in [2.05, 4.69) is 10.1 Å². The molecule has 0 radical (unpaired) electrons. The average Bonchev–Trinajstić information content (AvgIpc) is 2.84. The maximum absolute atomic E-state index is 11.4. The summed E-state index contributed by atoms with van der Waals surface area (Å²) in [4.78, 5) is 17.6. The Bertz CT molecular complexity index is 657. The van der Waals surface area contributed by atoms with Crippen molar-refractivity contribution >= 4 is 15.9 Å². The molecule has 2 saturated heterocycles. The average molecular weight is 328 g/mol. The van der Waals surface area contributed by atoms with Gasteiger partial charge in [0.1, 0.15) is 0 Å². The number of likely N-dealkylation sites (tertiary alicyclic amines) is 1. The molecule has 2 aliphatic rings. The maximum atomic E-state index is 11.4. The Morgan fingerprint density at radius 3 is 2.41 bits per heavy atom. The third-order valence-corrected chi connectivity index (χ3v) is 5.67. The number of nitrogens with zero attached hydrogens (tertiary/aromatic N) is 4. The largest absolute Gasteiger partial charge is 0.343 e. The van der Waals surface area contributed by atoms with Crippen molar-refractivity contribution in [3.8, 4) is 0 Å². The van der Waals surface area contributed by atoms with Crippen LogP contribution in [0, 0.1) is 0 Å². The van der Waals surface area contributed by atoms with Crippen molar-refractivity contribution in [2.24, 2.45) is 0 Å². The molecule has 1 aromatic rings. The summed E-state index contributed by atoms with van der Waals surface area (Å²) in [5.41, 5.74) is 0. The van der Waals surface area contributed by atoms with E-state index in [1.165, 1.54) is 10.6 Å². The summed E-state index contributed by atoms with van der Waals surface area (Å²) in [6.07, 6.45) is 2.86. The molecule has 0 atom stereocenters. The van der Waals surface area contributed by atoms with Crippen LogP contribution in [-0.2, 0) is 14.8 Å². The highest BCUT2D eigenvalue weighted by molar-refractivity contribution is 7.88. The van der Waals surface area contributed by atoms with Gasteiger partial charge in [-0.05, 0) is 12.8 Å². The van der Waals surface area contributed by atoms with Gasteiger partial charge in [-0.2, -0.15) is 4.98 Å². The van der Waals surface area contributed by atoms with Crippen LogP contribution in [0.5, 0.6) is 0 Å². The van der Waals surface area contributed by atoms with Crippen molar-refractivity contribution in [3.05, 3.63) is 11.7 Å². The second kappa shape index (κ2) is 5.62. The summed E-state index contributed by atoms with van der Waals surface area (Å²) in [5.74, 6) is 1.50. The number of aromatic nitrogens is 2. The van der Waals surface area contributed by atoms with Gasteiger partial charge in [0.25, 0.3) is 0 Å². The fraction of sp³-hybridized carbons (Fsp3) is 0.769. The Morgan fingerprint density at radius 1 is 1.23 bits per heavy atom. The Morgan fingerprint density at radius 2 is 1.86 bits per heavy atom. The predicted octanol–water partition coefficient (Wildman–Crippen LogP) is 0.154. The molecule has 2 aliphatic heterocycles. The molecule has 8 nitrogen and oxygen atoms in total. The number of piperidine rings is 1. The van der Waals surface area contributed by atoms with Gasteiger partial charge in [-0.25, -0.2) is 12.7 Å². The molecule has 3 heterocycles. The van der Waals surface area contributed by atoms with E-state index in [-0.39, 0.29) is 17.7 Å². The first kappa shape index (κ1) is 15.4. The van der Waals surface area contributed by atoms with E-state index in [0.717, 1.165) is 25.9 Å². The molecule has 0 N–H and O–H groups in total. The van der Waals surface area contributed by atoms with E-state index in [0.29, 0.717) is 24.8 Å². The lowest BCUT2D eigenvalue weighted by Gasteiger charge is -2.34. The van der Waals surface area contributed by atoms with Crippen LogP contribution in [-0.4, -0.2) is 66.1 Å². The fourth-order valence-corrected chi connectivity index (χ4v) is 3.80. The number of rotatable bonds is 3. The fourth-order valence-electron chi connectivity index (χ4n) is 2.90. The van der Waals surface area contributed by atoms with Gasteiger partial charge in [-0.1, -0.05) is 5.16 Å². The highest BCUT2D eigenvalue weighted by Crippen LogP contribution is 2.31. The second-order valence-electron chi connectivity index (χ2n) is 6.05. The Kier molecular flexibility index (Phi) is 3.94. The van der Waals surface area contributed by atoms with Crippen LogP contribution >= 0.6 is 0 Å². The van der Waals surface area contributed by atoms with Crippen LogP contribution in [0.4, 0.5) is 0 Å². The Balaban J connectivity index is 1.58. The third kappa shape index (κ3) is 3.00. The molecule has 0 unspecified atom stereocenters. The van der Waals surface area contributed by atoms with Crippen molar-refractivity contribution < 1.29 is 17.7 Å². The molecule has 22 heavy (non-hydrogen) atoms. The van der Waals surface area contributed by atoms with E-state index in [9.17, 15) is 13.2 Å². The molecule has 1 aromatic heterocycles. The van der Waals surface area contributed by atoms with E-state index in [1.807, 2.05) is 4.90 Å². The molecule has 0 aromatic carbocycles. The number of carbonyl (C=O) groups excluding carboxylic acids is 1. The van der Waals surface area contributed by atoms with Gasteiger partial charge in [0.05, 0.1) is 12.2 Å². The van der Waals surface area contributed by atoms with Crippen molar-refractivity contribution in [3.63, 3.8) is 0 Å². The molecule has 1 amide bonds. The molecule has 0 bridgehead atoms. The number of amides is 1. The standard InChI is InChI=1S/C13H20N4O4S/c1-9(18)16-5-3-10(4-6-16)12-14-13(21-15-12)11-7-17(8-11)22(2,19)20/h10-11H,3-8H2,1-2H3. The highest BCUT2D eigenvalue weighted by Gasteiger charge is 2.38. The highest BCUT2D eigenvalue weighted by atomic mass is 32.2. The molecule has 0 aliphatic carbocycles. The zero-order valence-corrected chi connectivity index (χ0v) is 13.5. The zero-order chi connectivity index (χ0) is 15.9. The van der Waals surface area contributed by atoms with Crippen LogP contribution in [0.15, 0.2) is 4.52 Å². The lowest BCUT2D eigenvalue weighted by atomic mass is 9.96. The Labute approximate surface area is 129 Å². The zero-order valence-electron chi connectivity index (χ0n) is 12.7. The minimum Gasteiger partial charge on any atom is -0.343 e. The van der Waals surface area contributed by atoms with Crippen LogP contribution in [0.2, 0.25) is 0 Å². The topological polar surface area (TPSA) is 96.6 Å². The minimum absolute atomic E-state index is 0.00622. The first-order valence-electron chi connectivity index (χ1n) is 7.38. The van der Waals surface area contributed by atoms with Crippen molar-refractivity contribution in [2.75, 3.05) is 32.4 Å². The molecule has 9 heteroatoms. The summed E-state index contributed by atoms with van der Waals surface area (Å²) < 4.78 is 29.4. The molecular formula is C13H20N4O4S. The molecule has 2 fully saturated rings. The van der Waals surface area contributed by atoms with Crippen LogP contribution in [0.25, 0.3) is 0 Å². The Hall–Kier alpha value is -1.48. The monoisotopic (exact) mass is 328 g/mol. The quantitative estimate of drug-likeness (QED) is 0.784. The lowest BCUT2D eigenvalue weighted by Crippen LogP contribution is -2.47. The maximum Gasteiger partial charge on any atom is 0.232 e. The first-order valence-corrected chi connectivity index (χ1v) is 9.23. The van der Waals surface area contributed by atoms with E-state index in [4.69, 9.17) is 4.52 Å². The number of hydrogen-bond acceptors (Lipinski definition) is 6. The van der Waals surface area contributed by atoms with Crippen molar-refractivity contribution in [1.29, 1.82) is 0 Å². The SMILES string of the molecule is CC(=O)N1CCC(c2noc(C3CN(S(C)(=O)=O)C3)n2)CC1. The summed E-state index contributed by atoms with van der Waals surface area (Å²) in [6, 6.07) is 0. The van der Waals surface area contributed by atoms with Gasteiger partial charge in [0.15, 0.2) is 5.82 Å². The van der Waals surface area contributed by atoms with Gasteiger partial charge >= 0.3 is 0 Å². The van der Waals surface area contributed by atoms with Gasteiger partial charge in [0.2, 0.25) is 21.8 Å². The predicted molar refractivity (Wildman–Crippen MR) is 77.7 cm³/mol. The summed E-state index contributed by atoms with van der Waals surface area (Å²) in [7, 11) is -3.13.